The van der Waals surface area contributed by atoms with Gasteiger partial charge in [-0.25, -0.2) is 16.8 Å². The van der Waals surface area contributed by atoms with Gasteiger partial charge in [0, 0.05) is 0 Å². The lowest BCUT2D eigenvalue weighted by atomic mass is 10.3. The Morgan fingerprint density at radius 2 is 1.47 bits per heavy atom. The van der Waals surface area contributed by atoms with Gasteiger partial charge in [0.25, 0.3) is 15.6 Å². The van der Waals surface area contributed by atoms with Gasteiger partial charge >= 0.3 is 0 Å². The van der Waals surface area contributed by atoms with Crippen LogP contribution in [0.15, 0.2) is 64.4 Å². The summed E-state index contributed by atoms with van der Waals surface area (Å²) in [5, 5.41) is 3.67. The lowest BCUT2D eigenvalue weighted by molar-refractivity contribution is 0.600. The number of para-hydroxylation sites is 2. The van der Waals surface area contributed by atoms with Gasteiger partial charge in [-0.15, -0.1) is 0 Å². The number of hydrogen-bond acceptors (Lipinski definition) is 6. The Hall–Kier alpha value is -2.60. The Kier molecular flexibility index (Phi) is 6.09. The van der Waals surface area contributed by atoms with Crippen LogP contribution in [0.1, 0.15) is 0 Å². The highest BCUT2D eigenvalue weighted by atomic mass is 35.5. The quantitative estimate of drug-likeness (QED) is 0.548. The fourth-order valence-electron chi connectivity index (χ4n) is 2.43. The number of rotatable bonds is 6. The molecule has 0 saturated carbocycles. The van der Waals surface area contributed by atoms with Gasteiger partial charge in [0.1, 0.15) is 5.02 Å². The number of sulfonamides is 2. The van der Waals surface area contributed by atoms with E-state index in [4.69, 9.17) is 23.2 Å². The van der Waals surface area contributed by atoms with Crippen LogP contribution in [0.25, 0.3) is 5.69 Å². The lowest BCUT2D eigenvalue weighted by Gasteiger charge is -2.13. The smallest absolute Gasteiger partial charge is 0.282 e. The lowest BCUT2D eigenvalue weighted by Crippen LogP contribution is -2.21. The summed E-state index contributed by atoms with van der Waals surface area (Å²) in [5.74, 6) is 0. The largest absolute Gasteiger partial charge is 0.291 e. The molecule has 158 valence electrons. The van der Waals surface area contributed by atoms with E-state index < -0.39 is 25.6 Å². The molecule has 1 aromatic heterocycles. The molecule has 0 radical (unpaired) electrons. The fourth-order valence-corrected chi connectivity index (χ4v) is 4.34. The monoisotopic (exact) mass is 488 g/mol. The molecule has 9 nitrogen and oxygen atoms in total. The molecule has 0 unspecified atom stereocenters. The third kappa shape index (κ3) is 4.93. The van der Waals surface area contributed by atoms with Gasteiger partial charge in [-0.1, -0.05) is 35.3 Å². The van der Waals surface area contributed by atoms with Crippen LogP contribution in [0.3, 0.4) is 0 Å². The number of anilines is 2. The van der Waals surface area contributed by atoms with Crippen molar-refractivity contribution in [3.05, 3.63) is 75.1 Å². The predicted octanol–water partition coefficient (Wildman–Crippen LogP) is 2.71. The summed E-state index contributed by atoms with van der Waals surface area (Å²) < 4.78 is 54.0. The Morgan fingerprint density at radius 3 is 2.03 bits per heavy atom. The summed E-state index contributed by atoms with van der Waals surface area (Å²) >= 11 is 11.6. The molecule has 0 spiro atoms. The summed E-state index contributed by atoms with van der Waals surface area (Å²) in [6.45, 7) is 0. The Bertz CT molecular complexity index is 1370. The van der Waals surface area contributed by atoms with E-state index in [-0.39, 0.29) is 32.0 Å². The van der Waals surface area contributed by atoms with Crippen LogP contribution in [-0.2, 0) is 20.0 Å². The maximum absolute atomic E-state index is 12.7. The van der Waals surface area contributed by atoms with E-state index in [1.54, 1.807) is 12.1 Å². The molecule has 0 saturated heterocycles. The van der Waals surface area contributed by atoms with Crippen LogP contribution in [0.4, 0.5) is 11.4 Å². The number of benzene rings is 2. The van der Waals surface area contributed by atoms with Crippen molar-refractivity contribution in [1.29, 1.82) is 0 Å². The molecule has 0 aliphatic rings. The Balaban J connectivity index is 1.92. The van der Waals surface area contributed by atoms with Crippen molar-refractivity contribution in [1.82, 2.24) is 9.78 Å². The Morgan fingerprint density at radius 1 is 0.900 bits per heavy atom. The first-order valence-corrected chi connectivity index (χ1v) is 12.2. The van der Waals surface area contributed by atoms with Crippen LogP contribution in [0.2, 0.25) is 10.0 Å². The number of nitrogens with zero attached hydrogens (tertiary/aromatic N) is 2. The minimum atomic E-state index is -4.06. The molecule has 0 bridgehead atoms. The van der Waals surface area contributed by atoms with Crippen LogP contribution >= 0.6 is 23.2 Å². The number of aromatic nitrogens is 2. The van der Waals surface area contributed by atoms with Crippen LogP contribution in [0.5, 0.6) is 0 Å². The maximum atomic E-state index is 12.7. The van der Waals surface area contributed by atoms with Crippen molar-refractivity contribution in [2.75, 3.05) is 15.7 Å². The topological polar surface area (TPSA) is 127 Å². The third-order valence-electron chi connectivity index (χ3n) is 3.73. The molecule has 0 atom stereocenters. The zero-order valence-electron chi connectivity index (χ0n) is 15.2. The van der Waals surface area contributed by atoms with Gasteiger partial charge in [-0.05, 0) is 36.4 Å². The van der Waals surface area contributed by atoms with E-state index >= 15 is 0 Å². The highest BCUT2D eigenvalue weighted by Crippen LogP contribution is 2.25. The van der Waals surface area contributed by atoms with Gasteiger partial charge in [0.05, 0.1) is 39.4 Å². The molecule has 3 rings (SSSR count). The number of halogens is 2. The summed E-state index contributed by atoms with van der Waals surface area (Å²) in [7, 11) is -7.67. The van der Waals surface area contributed by atoms with Gasteiger partial charge in [0.2, 0.25) is 10.0 Å². The zero-order chi connectivity index (χ0) is 22.1. The number of hydrogen-bond donors (Lipinski definition) is 2. The van der Waals surface area contributed by atoms with Crippen LogP contribution < -0.4 is 15.0 Å². The maximum Gasteiger partial charge on any atom is 0.291 e. The normalized spacial score (nSPS) is 11.8. The standard InChI is InChI=1S/C17H14Cl2N4O5S2/c1-29(25,26)21-14-4-2-3-5-15(14)22-30(27,28)12-8-6-11(7-9-12)23-17(24)16(19)13(18)10-20-23/h2-10,21-22H,1H3. The van der Waals surface area contributed by atoms with E-state index in [1.165, 1.54) is 42.6 Å². The van der Waals surface area contributed by atoms with Crippen molar-refractivity contribution in [3.8, 4) is 5.69 Å². The molecule has 0 fully saturated rings. The molecule has 0 aliphatic carbocycles. The molecule has 1 heterocycles. The summed E-state index contributed by atoms with van der Waals surface area (Å²) in [6.07, 6.45) is 2.15. The average molecular weight is 489 g/mol. The first-order valence-electron chi connectivity index (χ1n) is 8.11. The summed E-state index contributed by atoms with van der Waals surface area (Å²) in [6, 6.07) is 11.2. The van der Waals surface area contributed by atoms with E-state index in [0.717, 1.165) is 10.9 Å². The van der Waals surface area contributed by atoms with E-state index in [9.17, 15) is 21.6 Å². The molecule has 30 heavy (non-hydrogen) atoms. The predicted molar refractivity (Wildman–Crippen MR) is 116 cm³/mol. The minimum absolute atomic E-state index is 0.00248. The molecular weight excluding hydrogens is 475 g/mol. The molecule has 13 heteroatoms. The second-order valence-corrected chi connectivity index (χ2v) is 10.3. The van der Waals surface area contributed by atoms with E-state index in [1.807, 2.05) is 0 Å². The molecule has 2 N–H and O–H groups in total. The molecule has 2 aromatic carbocycles. The van der Waals surface area contributed by atoms with Crippen molar-refractivity contribution >= 4 is 54.6 Å². The van der Waals surface area contributed by atoms with Gasteiger partial charge in [-0.2, -0.15) is 9.78 Å². The van der Waals surface area contributed by atoms with Crippen molar-refractivity contribution < 1.29 is 16.8 Å². The SMILES string of the molecule is CS(=O)(=O)Nc1ccccc1NS(=O)(=O)c1ccc(-n2ncc(Cl)c(Cl)c2=O)cc1. The third-order valence-corrected chi connectivity index (χ3v) is 6.46. The summed E-state index contributed by atoms with van der Waals surface area (Å²) in [4.78, 5) is 12.0. The number of nitrogens with one attached hydrogen (secondary N) is 2. The van der Waals surface area contributed by atoms with Crippen LogP contribution in [0, 0.1) is 0 Å². The highest BCUT2D eigenvalue weighted by molar-refractivity contribution is 7.93. The first kappa shape index (κ1) is 22.1. The second-order valence-electron chi connectivity index (χ2n) is 6.04. The summed E-state index contributed by atoms with van der Waals surface area (Å²) in [5.41, 5.74) is -0.253. The van der Waals surface area contributed by atoms with E-state index in [2.05, 4.69) is 14.5 Å². The van der Waals surface area contributed by atoms with Crippen molar-refractivity contribution in [2.45, 2.75) is 4.90 Å². The Labute approximate surface area is 182 Å². The zero-order valence-corrected chi connectivity index (χ0v) is 18.3. The second kappa shape index (κ2) is 8.26. The van der Waals surface area contributed by atoms with Gasteiger partial charge in [-0.3, -0.25) is 14.2 Å². The first-order chi connectivity index (χ1) is 14.0. The van der Waals surface area contributed by atoms with E-state index in [0.29, 0.717) is 0 Å². The van der Waals surface area contributed by atoms with Gasteiger partial charge in [0.15, 0.2) is 0 Å². The molecule has 0 amide bonds. The van der Waals surface area contributed by atoms with Crippen molar-refractivity contribution in [2.24, 2.45) is 0 Å². The van der Waals surface area contributed by atoms with Gasteiger partial charge < -0.3 is 0 Å². The minimum Gasteiger partial charge on any atom is -0.282 e. The highest BCUT2D eigenvalue weighted by Gasteiger charge is 2.18. The van der Waals surface area contributed by atoms with Crippen molar-refractivity contribution in [3.63, 3.8) is 0 Å². The molecule has 0 aliphatic heterocycles. The fraction of sp³-hybridized carbons (Fsp3) is 0.0588. The average Bonchev–Trinajstić information content (AvgIpc) is 2.67. The molecular formula is C17H14Cl2N4O5S2. The molecule has 3 aromatic rings. The van der Waals surface area contributed by atoms with Crippen LogP contribution in [-0.4, -0.2) is 32.9 Å².